The number of sulfone groups is 1. The van der Waals surface area contributed by atoms with Crippen molar-refractivity contribution in [2.45, 2.75) is 84.9 Å². The topological polar surface area (TPSA) is 46.2 Å². The van der Waals surface area contributed by atoms with Crippen LogP contribution in [-0.2, 0) is 9.84 Å². The van der Waals surface area contributed by atoms with Gasteiger partial charge in [0.1, 0.15) is 0 Å². The monoisotopic (exact) mass is 305 g/mol. The summed E-state index contributed by atoms with van der Waals surface area (Å²) in [6.45, 7) is 17.0. The molecule has 0 amide bonds. The Labute approximate surface area is 126 Å². The number of hydrogen-bond donors (Lipinski definition) is 1. The molecule has 1 atom stereocenters. The summed E-state index contributed by atoms with van der Waals surface area (Å²) in [4.78, 5) is 0. The molecule has 0 bridgehead atoms. The first-order chi connectivity index (χ1) is 8.72. The van der Waals surface area contributed by atoms with E-state index < -0.39 is 14.6 Å². The molecule has 1 unspecified atom stereocenters. The SMILES string of the molecule is CCCC(C)(CCS(=O)(=O)C(C)(C)C)CNC(C)(C)C. The zero-order chi connectivity index (χ0) is 16.2. The van der Waals surface area contributed by atoms with Crippen molar-refractivity contribution < 1.29 is 8.42 Å². The van der Waals surface area contributed by atoms with Gasteiger partial charge in [0.15, 0.2) is 9.84 Å². The molecule has 0 aliphatic rings. The number of rotatable bonds is 7. The first kappa shape index (κ1) is 19.9. The maximum atomic E-state index is 12.3. The van der Waals surface area contributed by atoms with Gasteiger partial charge in [0.2, 0.25) is 0 Å². The molecular formula is C16H35NO2S. The second kappa shape index (κ2) is 6.78. The molecule has 0 spiro atoms. The van der Waals surface area contributed by atoms with Gasteiger partial charge in [0.25, 0.3) is 0 Å². The van der Waals surface area contributed by atoms with E-state index >= 15 is 0 Å². The van der Waals surface area contributed by atoms with Crippen molar-refractivity contribution >= 4 is 9.84 Å². The standard InChI is InChI=1S/C16H35NO2S/c1-9-10-16(8,13-17-14(2,3)4)11-12-20(18,19)15(5,6)7/h17H,9-13H2,1-8H3. The summed E-state index contributed by atoms with van der Waals surface area (Å²) < 4.78 is 23.9. The maximum absolute atomic E-state index is 12.3. The summed E-state index contributed by atoms with van der Waals surface area (Å²) in [5, 5.41) is 3.53. The van der Waals surface area contributed by atoms with E-state index in [1.54, 1.807) is 20.8 Å². The van der Waals surface area contributed by atoms with Gasteiger partial charge in [0, 0.05) is 12.1 Å². The van der Waals surface area contributed by atoms with Gasteiger partial charge in [-0.2, -0.15) is 0 Å². The van der Waals surface area contributed by atoms with Crippen molar-refractivity contribution in [3.63, 3.8) is 0 Å². The van der Waals surface area contributed by atoms with Crippen LogP contribution in [0, 0.1) is 5.41 Å². The summed E-state index contributed by atoms with van der Waals surface area (Å²) in [7, 11) is -3.03. The van der Waals surface area contributed by atoms with E-state index in [2.05, 4.69) is 39.9 Å². The van der Waals surface area contributed by atoms with Crippen LogP contribution in [0.2, 0.25) is 0 Å². The molecular weight excluding hydrogens is 270 g/mol. The lowest BCUT2D eigenvalue weighted by atomic mass is 9.82. The highest BCUT2D eigenvalue weighted by Crippen LogP contribution is 2.30. The van der Waals surface area contributed by atoms with Crippen molar-refractivity contribution in [3.05, 3.63) is 0 Å². The average molecular weight is 306 g/mol. The number of hydrogen-bond acceptors (Lipinski definition) is 3. The molecule has 122 valence electrons. The van der Waals surface area contributed by atoms with Crippen LogP contribution >= 0.6 is 0 Å². The summed E-state index contributed by atoms with van der Waals surface area (Å²) in [5.74, 6) is 0.277. The van der Waals surface area contributed by atoms with Crippen LogP contribution in [0.5, 0.6) is 0 Å². The minimum atomic E-state index is -3.03. The zero-order valence-corrected chi connectivity index (χ0v) is 15.6. The van der Waals surface area contributed by atoms with Crippen LogP contribution in [0.3, 0.4) is 0 Å². The minimum Gasteiger partial charge on any atom is -0.312 e. The van der Waals surface area contributed by atoms with Gasteiger partial charge in [-0.1, -0.05) is 20.3 Å². The normalized spacial score (nSPS) is 17.0. The van der Waals surface area contributed by atoms with Gasteiger partial charge < -0.3 is 5.32 Å². The van der Waals surface area contributed by atoms with Gasteiger partial charge in [-0.15, -0.1) is 0 Å². The predicted octanol–water partition coefficient (Wildman–Crippen LogP) is 3.78. The third-order valence-corrected chi connectivity index (χ3v) is 6.41. The van der Waals surface area contributed by atoms with Crippen molar-refractivity contribution in [1.29, 1.82) is 0 Å². The van der Waals surface area contributed by atoms with Gasteiger partial charge >= 0.3 is 0 Å². The molecule has 0 aliphatic heterocycles. The van der Waals surface area contributed by atoms with E-state index in [0.29, 0.717) is 0 Å². The van der Waals surface area contributed by atoms with Gasteiger partial charge in [0.05, 0.1) is 10.5 Å². The Balaban J connectivity index is 4.78. The Morgan fingerprint density at radius 3 is 1.75 bits per heavy atom. The third kappa shape index (κ3) is 7.07. The van der Waals surface area contributed by atoms with Crippen molar-refractivity contribution in [3.8, 4) is 0 Å². The number of nitrogens with one attached hydrogen (secondary N) is 1. The second-order valence-corrected chi connectivity index (χ2v) is 11.2. The lowest BCUT2D eigenvalue weighted by molar-refractivity contribution is 0.237. The van der Waals surface area contributed by atoms with Crippen LogP contribution in [-0.4, -0.2) is 31.0 Å². The molecule has 0 aromatic carbocycles. The highest BCUT2D eigenvalue weighted by Gasteiger charge is 2.33. The Morgan fingerprint density at radius 1 is 0.900 bits per heavy atom. The molecule has 0 saturated heterocycles. The Bertz CT molecular complexity index is 388. The molecule has 0 radical (unpaired) electrons. The van der Waals surface area contributed by atoms with Crippen LogP contribution in [0.25, 0.3) is 0 Å². The van der Waals surface area contributed by atoms with Crippen molar-refractivity contribution in [2.24, 2.45) is 5.41 Å². The first-order valence-corrected chi connectivity index (χ1v) is 9.35. The largest absolute Gasteiger partial charge is 0.312 e. The highest BCUT2D eigenvalue weighted by molar-refractivity contribution is 7.92. The Kier molecular flexibility index (Phi) is 6.75. The molecule has 0 rings (SSSR count). The summed E-state index contributed by atoms with van der Waals surface area (Å²) in [6.07, 6.45) is 2.86. The molecule has 3 nitrogen and oxygen atoms in total. The fourth-order valence-electron chi connectivity index (χ4n) is 2.07. The molecule has 0 heterocycles. The van der Waals surface area contributed by atoms with Gasteiger partial charge in [-0.05, 0) is 59.8 Å². The van der Waals surface area contributed by atoms with E-state index in [1.165, 1.54) is 0 Å². The van der Waals surface area contributed by atoms with E-state index in [0.717, 1.165) is 25.8 Å². The summed E-state index contributed by atoms with van der Waals surface area (Å²) >= 11 is 0. The van der Waals surface area contributed by atoms with Crippen LogP contribution < -0.4 is 5.32 Å². The van der Waals surface area contributed by atoms with Crippen molar-refractivity contribution in [1.82, 2.24) is 5.32 Å². The summed E-state index contributed by atoms with van der Waals surface area (Å²) in [6, 6.07) is 0. The van der Waals surface area contributed by atoms with Crippen LogP contribution in [0.15, 0.2) is 0 Å². The molecule has 0 aromatic rings. The smallest absolute Gasteiger partial charge is 0.155 e. The predicted molar refractivity (Wildman–Crippen MR) is 88.9 cm³/mol. The molecule has 20 heavy (non-hydrogen) atoms. The first-order valence-electron chi connectivity index (χ1n) is 7.70. The van der Waals surface area contributed by atoms with Gasteiger partial charge in [-0.3, -0.25) is 0 Å². The molecule has 1 N–H and O–H groups in total. The molecule has 0 aromatic heterocycles. The lowest BCUT2D eigenvalue weighted by Crippen LogP contribution is -2.44. The fourth-order valence-corrected chi connectivity index (χ4v) is 3.44. The van der Waals surface area contributed by atoms with E-state index in [1.807, 2.05) is 0 Å². The Hall–Kier alpha value is -0.0900. The lowest BCUT2D eigenvalue weighted by Gasteiger charge is -2.34. The van der Waals surface area contributed by atoms with Gasteiger partial charge in [-0.25, -0.2) is 8.42 Å². The quantitative estimate of drug-likeness (QED) is 0.778. The molecule has 0 fully saturated rings. The van der Waals surface area contributed by atoms with E-state index in [9.17, 15) is 8.42 Å². The van der Waals surface area contributed by atoms with E-state index in [-0.39, 0.29) is 16.7 Å². The molecule has 0 aliphatic carbocycles. The van der Waals surface area contributed by atoms with Crippen LogP contribution in [0.4, 0.5) is 0 Å². The minimum absolute atomic E-state index is 0.0420. The molecule has 0 saturated carbocycles. The van der Waals surface area contributed by atoms with Crippen molar-refractivity contribution in [2.75, 3.05) is 12.3 Å². The second-order valence-electron chi connectivity index (χ2n) is 8.35. The Morgan fingerprint density at radius 2 is 1.40 bits per heavy atom. The average Bonchev–Trinajstić information content (AvgIpc) is 2.22. The molecule has 4 heteroatoms. The van der Waals surface area contributed by atoms with Crippen LogP contribution in [0.1, 0.15) is 74.7 Å². The fraction of sp³-hybridized carbons (Fsp3) is 1.00. The highest BCUT2D eigenvalue weighted by atomic mass is 32.2. The third-order valence-electron chi connectivity index (χ3n) is 3.81. The maximum Gasteiger partial charge on any atom is 0.155 e. The summed E-state index contributed by atoms with van der Waals surface area (Å²) in [5.41, 5.74) is 0.109. The van der Waals surface area contributed by atoms with E-state index in [4.69, 9.17) is 0 Å². The zero-order valence-electron chi connectivity index (χ0n) is 14.8.